The number of para-hydroxylation sites is 2. The third-order valence-corrected chi connectivity index (χ3v) is 4.23. The second-order valence-corrected chi connectivity index (χ2v) is 5.74. The highest BCUT2D eigenvalue weighted by molar-refractivity contribution is 5.77. The lowest BCUT2D eigenvalue weighted by Crippen LogP contribution is -2.38. The molecule has 0 spiro atoms. The van der Waals surface area contributed by atoms with E-state index >= 15 is 0 Å². The molecule has 0 bridgehead atoms. The van der Waals surface area contributed by atoms with E-state index in [1.807, 2.05) is 29.4 Å². The number of piperidine rings is 1. The highest BCUT2D eigenvalue weighted by Gasteiger charge is 2.19. The van der Waals surface area contributed by atoms with E-state index in [4.69, 9.17) is 0 Å². The molecule has 2 aromatic rings. The molecular formula is C16H21N3O. The summed E-state index contributed by atoms with van der Waals surface area (Å²) in [6, 6.07) is 8.04. The number of rotatable bonds is 3. The van der Waals surface area contributed by atoms with Gasteiger partial charge in [-0.3, -0.25) is 4.79 Å². The lowest BCUT2D eigenvalue weighted by atomic mass is 9.99. The fraction of sp³-hybridized carbons (Fsp3) is 0.500. The maximum atomic E-state index is 12.2. The number of carbonyl (C=O) groups is 1. The maximum absolute atomic E-state index is 12.2. The van der Waals surface area contributed by atoms with Gasteiger partial charge in [0, 0.05) is 26.1 Å². The van der Waals surface area contributed by atoms with Crippen molar-refractivity contribution >= 4 is 16.9 Å². The van der Waals surface area contributed by atoms with E-state index in [2.05, 4.69) is 22.5 Å². The topological polar surface area (TPSA) is 38.1 Å². The third-order valence-electron chi connectivity index (χ3n) is 4.23. The molecule has 0 saturated carbocycles. The number of hydrogen-bond donors (Lipinski definition) is 0. The van der Waals surface area contributed by atoms with Crippen LogP contribution in [0.5, 0.6) is 0 Å². The van der Waals surface area contributed by atoms with Gasteiger partial charge in [-0.25, -0.2) is 4.98 Å². The van der Waals surface area contributed by atoms with Crippen LogP contribution in [0.4, 0.5) is 0 Å². The van der Waals surface area contributed by atoms with Crippen LogP contribution in [0.25, 0.3) is 11.0 Å². The second-order valence-electron chi connectivity index (χ2n) is 5.74. The van der Waals surface area contributed by atoms with Crippen LogP contribution in [-0.2, 0) is 11.3 Å². The molecule has 106 valence electrons. The number of aromatic nitrogens is 2. The average Bonchev–Trinajstić information content (AvgIpc) is 2.89. The number of aryl methyl sites for hydroxylation is 1. The number of carbonyl (C=O) groups excluding carboxylic acids is 1. The van der Waals surface area contributed by atoms with E-state index in [1.165, 1.54) is 0 Å². The second kappa shape index (κ2) is 5.65. The molecule has 2 heterocycles. The van der Waals surface area contributed by atoms with Crippen molar-refractivity contribution in [3.8, 4) is 0 Å². The van der Waals surface area contributed by atoms with E-state index in [-0.39, 0.29) is 5.91 Å². The van der Waals surface area contributed by atoms with Crippen LogP contribution in [0.2, 0.25) is 0 Å². The summed E-state index contributed by atoms with van der Waals surface area (Å²) in [6.07, 6.45) is 4.67. The molecule has 1 amide bonds. The number of benzene rings is 1. The molecule has 1 aliphatic heterocycles. The van der Waals surface area contributed by atoms with E-state index < -0.39 is 0 Å². The molecule has 1 aromatic carbocycles. The number of amides is 1. The standard InChI is InChI=1S/C16H21N3O/c1-13-6-9-18(10-7-13)16(20)8-11-19-12-17-14-4-2-3-5-15(14)19/h2-5,12-13H,6-11H2,1H3. The van der Waals surface area contributed by atoms with E-state index in [0.29, 0.717) is 13.0 Å². The SMILES string of the molecule is CC1CCN(C(=O)CCn2cnc3ccccc32)CC1. The molecule has 0 N–H and O–H groups in total. The lowest BCUT2D eigenvalue weighted by molar-refractivity contribution is -0.132. The quantitative estimate of drug-likeness (QED) is 0.861. The normalized spacial score (nSPS) is 16.8. The van der Waals surface area contributed by atoms with Crippen LogP contribution >= 0.6 is 0 Å². The largest absolute Gasteiger partial charge is 0.343 e. The van der Waals surface area contributed by atoms with Gasteiger partial charge in [-0.2, -0.15) is 0 Å². The molecule has 1 aromatic heterocycles. The predicted molar refractivity (Wildman–Crippen MR) is 79.3 cm³/mol. The van der Waals surface area contributed by atoms with Crippen molar-refractivity contribution in [1.29, 1.82) is 0 Å². The molecule has 0 aliphatic carbocycles. The van der Waals surface area contributed by atoms with E-state index in [0.717, 1.165) is 42.9 Å². The van der Waals surface area contributed by atoms with E-state index in [1.54, 1.807) is 0 Å². The molecule has 4 nitrogen and oxygen atoms in total. The lowest BCUT2D eigenvalue weighted by Gasteiger charge is -2.30. The first-order valence-electron chi connectivity index (χ1n) is 7.41. The Kier molecular flexibility index (Phi) is 3.72. The van der Waals surface area contributed by atoms with Gasteiger partial charge in [0.15, 0.2) is 0 Å². The van der Waals surface area contributed by atoms with Gasteiger partial charge in [-0.05, 0) is 30.9 Å². The fourth-order valence-electron chi connectivity index (χ4n) is 2.82. The number of likely N-dealkylation sites (tertiary alicyclic amines) is 1. The van der Waals surface area contributed by atoms with Crippen LogP contribution < -0.4 is 0 Å². The first-order chi connectivity index (χ1) is 9.74. The van der Waals surface area contributed by atoms with Gasteiger partial charge in [0.05, 0.1) is 17.4 Å². The summed E-state index contributed by atoms with van der Waals surface area (Å²) in [4.78, 5) is 18.6. The molecule has 1 saturated heterocycles. The minimum atomic E-state index is 0.273. The summed E-state index contributed by atoms with van der Waals surface area (Å²) < 4.78 is 2.07. The first kappa shape index (κ1) is 13.2. The van der Waals surface area contributed by atoms with Crippen LogP contribution in [0, 0.1) is 5.92 Å². The van der Waals surface area contributed by atoms with Crippen molar-refractivity contribution < 1.29 is 4.79 Å². The molecule has 0 radical (unpaired) electrons. The molecule has 4 heteroatoms. The van der Waals surface area contributed by atoms with Crippen molar-refractivity contribution in [1.82, 2.24) is 14.5 Å². The summed E-state index contributed by atoms with van der Waals surface area (Å²) in [5.74, 6) is 1.03. The Labute approximate surface area is 119 Å². The zero-order valence-corrected chi connectivity index (χ0v) is 12.0. The fourth-order valence-corrected chi connectivity index (χ4v) is 2.82. The van der Waals surface area contributed by atoms with E-state index in [9.17, 15) is 4.79 Å². The summed E-state index contributed by atoms with van der Waals surface area (Å²) in [6.45, 7) is 4.82. The van der Waals surface area contributed by atoms with Crippen LogP contribution in [0.1, 0.15) is 26.2 Å². The van der Waals surface area contributed by atoms with Crippen molar-refractivity contribution in [3.05, 3.63) is 30.6 Å². The predicted octanol–water partition coefficient (Wildman–Crippen LogP) is 2.68. The number of hydrogen-bond acceptors (Lipinski definition) is 2. The Morgan fingerprint density at radius 2 is 2.05 bits per heavy atom. The molecule has 3 rings (SSSR count). The monoisotopic (exact) mass is 271 g/mol. The zero-order valence-electron chi connectivity index (χ0n) is 12.0. The molecular weight excluding hydrogens is 250 g/mol. The van der Waals surface area contributed by atoms with Gasteiger partial charge in [-0.1, -0.05) is 19.1 Å². The Morgan fingerprint density at radius 3 is 2.85 bits per heavy atom. The minimum absolute atomic E-state index is 0.273. The molecule has 0 atom stereocenters. The van der Waals surface area contributed by atoms with Crippen molar-refractivity contribution in [2.24, 2.45) is 5.92 Å². The smallest absolute Gasteiger partial charge is 0.224 e. The van der Waals surface area contributed by atoms with Crippen molar-refractivity contribution in [2.75, 3.05) is 13.1 Å². The highest BCUT2D eigenvalue weighted by Crippen LogP contribution is 2.17. The Balaban J connectivity index is 1.60. The van der Waals surface area contributed by atoms with Gasteiger partial charge in [-0.15, -0.1) is 0 Å². The van der Waals surface area contributed by atoms with Gasteiger partial charge in [0.1, 0.15) is 0 Å². The molecule has 1 aliphatic rings. The Bertz CT molecular complexity index is 597. The van der Waals surface area contributed by atoms with Gasteiger partial charge < -0.3 is 9.47 Å². The number of fused-ring (bicyclic) bond motifs is 1. The summed E-state index contributed by atoms with van der Waals surface area (Å²) in [5, 5.41) is 0. The third kappa shape index (κ3) is 2.69. The summed E-state index contributed by atoms with van der Waals surface area (Å²) in [5.41, 5.74) is 2.10. The van der Waals surface area contributed by atoms with Crippen LogP contribution in [0.3, 0.4) is 0 Å². The Hall–Kier alpha value is -1.84. The average molecular weight is 271 g/mol. The van der Waals surface area contributed by atoms with Crippen molar-refractivity contribution in [3.63, 3.8) is 0 Å². The van der Waals surface area contributed by atoms with Gasteiger partial charge >= 0.3 is 0 Å². The highest BCUT2D eigenvalue weighted by atomic mass is 16.2. The minimum Gasteiger partial charge on any atom is -0.343 e. The molecule has 0 unspecified atom stereocenters. The summed E-state index contributed by atoms with van der Waals surface area (Å²) >= 11 is 0. The molecule has 1 fully saturated rings. The van der Waals surface area contributed by atoms with Gasteiger partial charge in [0.2, 0.25) is 5.91 Å². The number of nitrogens with zero attached hydrogens (tertiary/aromatic N) is 3. The van der Waals surface area contributed by atoms with Crippen molar-refractivity contribution in [2.45, 2.75) is 32.7 Å². The maximum Gasteiger partial charge on any atom is 0.224 e. The number of imidazole rings is 1. The van der Waals surface area contributed by atoms with Crippen LogP contribution in [-0.4, -0.2) is 33.4 Å². The Morgan fingerprint density at radius 1 is 1.30 bits per heavy atom. The van der Waals surface area contributed by atoms with Crippen LogP contribution in [0.15, 0.2) is 30.6 Å². The first-order valence-corrected chi connectivity index (χ1v) is 7.41. The summed E-state index contributed by atoms with van der Waals surface area (Å²) in [7, 11) is 0. The van der Waals surface area contributed by atoms with Gasteiger partial charge in [0.25, 0.3) is 0 Å². The zero-order chi connectivity index (χ0) is 13.9. The molecule has 20 heavy (non-hydrogen) atoms.